The molecule has 1 amide bonds. The van der Waals surface area contributed by atoms with E-state index in [2.05, 4.69) is 0 Å². The number of carboxylic acid groups (broad SMARTS) is 1. The topological polar surface area (TPSA) is 77.8 Å². The summed E-state index contributed by atoms with van der Waals surface area (Å²) in [4.78, 5) is 26.0. The van der Waals surface area contributed by atoms with Crippen LogP contribution in [-0.4, -0.2) is 46.2 Å². The predicted molar refractivity (Wildman–Crippen MR) is 76.4 cm³/mol. The van der Waals surface area contributed by atoms with E-state index in [9.17, 15) is 19.8 Å². The molecule has 0 aromatic heterocycles. The third-order valence-electron chi connectivity index (χ3n) is 5.57. The highest BCUT2D eigenvalue weighted by molar-refractivity contribution is 5.87. The SMILES string of the molecule is CN(C(=O)C1C2C=CC(C2)C1C(=O)O)C1CCCCC1O. The van der Waals surface area contributed by atoms with Gasteiger partial charge in [-0.1, -0.05) is 25.0 Å². The van der Waals surface area contributed by atoms with Crippen LogP contribution in [0, 0.1) is 23.7 Å². The molecule has 2 fully saturated rings. The Hall–Kier alpha value is -1.36. The Morgan fingerprint density at radius 3 is 2.33 bits per heavy atom. The third kappa shape index (κ3) is 2.37. The first-order valence-corrected chi connectivity index (χ1v) is 7.86. The van der Waals surface area contributed by atoms with E-state index in [1.165, 1.54) is 0 Å². The van der Waals surface area contributed by atoms with Crippen molar-refractivity contribution in [2.45, 2.75) is 44.2 Å². The number of amides is 1. The summed E-state index contributed by atoms with van der Waals surface area (Å²) < 4.78 is 0. The zero-order chi connectivity index (χ0) is 15.1. The zero-order valence-corrected chi connectivity index (χ0v) is 12.3. The summed E-state index contributed by atoms with van der Waals surface area (Å²) in [5, 5.41) is 19.6. The highest BCUT2D eigenvalue weighted by Crippen LogP contribution is 2.49. The van der Waals surface area contributed by atoms with E-state index >= 15 is 0 Å². The zero-order valence-electron chi connectivity index (χ0n) is 12.3. The normalized spacial score (nSPS) is 41.2. The summed E-state index contributed by atoms with van der Waals surface area (Å²) in [6.07, 6.45) is 7.77. The lowest BCUT2D eigenvalue weighted by atomic mass is 9.81. The van der Waals surface area contributed by atoms with Crippen molar-refractivity contribution in [2.24, 2.45) is 23.7 Å². The molecule has 0 aliphatic heterocycles. The van der Waals surface area contributed by atoms with E-state index in [1.54, 1.807) is 11.9 Å². The molecule has 3 rings (SSSR count). The van der Waals surface area contributed by atoms with Gasteiger partial charge in [0, 0.05) is 7.05 Å². The molecule has 6 atom stereocenters. The fourth-order valence-corrected chi connectivity index (χ4v) is 4.44. The first kappa shape index (κ1) is 14.6. The van der Waals surface area contributed by atoms with Crippen molar-refractivity contribution in [3.05, 3.63) is 12.2 Å². The Kier molecular flexibility index (Phi) is 3.78. The molecule has 0 spiro atoms. The molecule has 5 nitrogen and oxygen atoms in total. The van der Waals surface area contributed by atoms with E-state index in [-0.39, 0.29) is 23.8 Å². The van der Waals surface area contributed by atoms with Gasteiger partial charge in [0.2, 0.25) is 5.91 Å². The molecule has 3 aliphatic rings. The Morgan fingerprint density at radius 2 is 1.71 bits per heavy atom. The number of carbonyl (C=O) groups is 2. The molecule has 0 radical (unpaired) electrons. The molecule has 6 unspecified atom stereocenters. The van der Waals surface area contributed by atoms with Gasteiger partial charge in [0.15, 0.2) is 0 Å². The first-order chi connectivity index (χ1) is 10.0. The van der Waals surface area contributed by atoms with Gasteiger partial charge in [-0.2, -0.15) is 0 Å². The maximum atomic E-state index is 12.8. The summed E-state index contributed by atoms with van der Waals surface area (Å²) in [5.41, 5.74) is 0. The second-order valence-electron chi connectivity index (χ2n) is 6.71. The smallest absolute Gasteiger partial charge is 0.307 e. The van der Waals surface area contributed by atoms with Crippen LogP contribution in [0.3, 0.4) is 0 Å². The van der Waals surface area contributed by atoms with Crippen molar-refractivity contribution in [1.29, 1.82) is 0 Å². The fourth-order valence-electron chi connectivity index (χ4n) is 4.44. The van der Waals surface area contributed by atoms with E-state index in [1.807, 2.05) is 12.2 Å². The van der Waals surface area contributed by atoms with Gasteiger partial charge >= 0.3 is 5.97 Å². The van der Waals surface area contributed by atoms with Gasteiger partial charge in [-0.15, -0.1) is 0 Å². The summed E-state index contributed by atoms with van der Waals surface area (Å²) >= 11 is 0. The van der Waals surface area contributed by atoms with E-state index in [0.717, 1.165) is 32.1 Å². The number of aliphatic hydroxyl groups excluding tert-OH is 1. The second-order valence-corrected chi connectivity index (χ2v) is 6.71. The van der Waals surface area contributed by atoms with Crippen LogP contribution in [0.15, 0.2) is 12.2 Å². The molecule has 0 heterocycles. The van der Waals surface area contributed by atoms with Gasteiger partial charge in [-0.25, -0.2) is 0 Å². The predicted octanol–water partition coefficient (Wildman–Crippen LogP) is 1.27. The van der Waals surface area contributed by atoms with Crippen molar-refractivity contribution in [3.63, 3.8) is 0 Å². The van der Waals surface area contributed by atoms with Crippen LogP contribution in [0.1, 0.15) is 32.1 Å². The maximum absolute atomic E-state index is 12.8. The molecular formula is C16H23NO4. The number of aliphatic carboxylic acids is 1. The van der Waals surface area contributed by atoms with Crippen molar-refractivity contribution in [1.82, 2.24) is 4.90 Å². The molecule has 0 aromatic rings. The van der Waals surface area contributed by atoms with E-state index < -0.39 is 23.9 Å². The quantitative estimate of drug-likeness (QED) is 0.768. The van der Waals surface area contributed by atoms with Gasteiger partial charge in [0.1, 0.15) is 0 Å². The lowest BCUT2D eigenvalue weighted by molar-refractivity contribution is -0.152. The fraction of sp³-hybridized carbons (Fsp3) is 0.750. The Balaban J connectivity index is 1.77. The summed E-state index contributed by atoms with van der Waals surface area (Å²) in [7, 11) is 1.72. The Labute approximate surface area is 124 Å². The van der Waals surface area contributed by atoms with Crippen LogP contribution in [0.25, 0.3) is 0 Å². The summed E-state index contributed by atoms with van der Waals surface area (Å²) in [6, 6.07) is -0.163. The molecule has 2 N–H and O–H groups in total. The highest BCUT2D eigenvalue weighted by atomic mass is 16.4. The van der Waals surface area contributed by atoms with Crippen LogP contribution >= 0.6 is 0 Å². The molecule has 2 saturated carbocycles. The largest absolute Gasteiger partial charge is 0.481 e. The minimum atomic E-state index is -0.872. The number of nitrogens with zero attached hydrogens (tertiary/aromatic N) is 1. The van der Waals surface area contributed by atoms with Crippen LogP contribution in [0.2, 0.25) is 0 Å². The highest BCUT2D eigenvalue weighted by Gasteiger charge is 2.53. The molecule has 5 heteroatoms. The number of allylic oxidation sites excluding steroid dienone is 2. The van der Waals surface area contributed by atoms with E-state index in [4.69, 9.17) is 0 Å². The maximum Gasteiger partial charge on any atom is 0.307 e. The number of carboxylic acids is 1. The Bertz CT molecular complexity index is 475. The molecule has 3 aliphatic carbocycles. The number of rotatable bonds is 3. The number of hydrogen-bond acceptors (Lipinski definition) is 3. The van der Waals surface area contributed by atoms with Crippen molar-refractivity contribution in [3.8, 4) is 0 Å². The molecule has 0 saturated heterocycles. The number of likely N-dealkylation sites (N-methyl/N-ethyl adjacent to an activating group) is 1. The van der Waals surface area contributed by atoms with Crippen molar-refractivity contribution < 1.29 is 19.8 Å². The van der Waals surface area contributed by atoms with Gasteiger partial charge in [-0.3, -0.25) is 9.59 Å². The van der Waals surface area contributed by atoms with Crippen molar-refractivity contribution in [2.75, 3.05) is 7.05 Å². The van der Waals surface area contributed by atoms with Gasteiger partial charge in [0.05, 0.1) is 24.0 Å². The summed E-state index contributed by atoms with van der Waals surface area (Å²) in [6.45, 7) is 0. The molecule has 2 bridgehead atoms. The van der Waals surface area contributed by atoms with Gasteiger partial charge < -0.3 is 15.1 Å². The minimum absolute atomic E-state index is 0.00821. The van der Waals surface area contributed by atoms with E-state index in [0.29, 0.717) is 0 Å². The lowest BCUT2D eigenvalue weighted by Gasteiger charge is -2.38. The van der Waals surface area contributed by atoms with Gasteiger partial charge in [-0.05, 0) is 31.1 Å². The third-order valence-corrected chi connectivity index (χ3v) is 5.57. The van der Waals surface area contributed by atoms with Crippen LogP contribution in [-0.2, 0) is 9.59 Å². The monoisotopic (exact) mass is 293 g/mol. The van der Waals surface area contributed by atoms with Crippen LogP contribution < -0.4 is 0 Å². The Morgan fingerprint density at radius 1 is 1.10 bits per heavy atom. The van der Waals surface area contributed by atoms with Gasteiger partial charge in [0.25, 0.3) is 0 Å². The average Bonchev–Trinajstić information content (AvgIpc) is 3.06. The number of fused-ring (bicyclic) bond motifs is 2. The lowest BCUT2D eigenvalue weighted by Crippen LogP contribution is -2.50. The molecule has 0 aromatic carbocycles. The average molecular weight is 293 g/mol. The molecule has 21 heavy (non-hydrogen) atoms. The van der Waals surface area contributed by atoms with Crippen LogP contribution in [0.5, 0.6) is 0 Å². The standard InChI is InChI=1S/C16H23NO4/c1-17(11-4-2-3-5-12(11)18)15(19)13-9-6-7-10(8-9)14(13)16(20)21/h6-7,9-14,18H,2-5,8H2,1H3,(H,20,21). The number of carbonyl (C=O) groups excluding carboxylic acids is 1. The van der Waals surface area contributed by atoms with Crippen LogP contribution in [0.4, 0.5) is 0 Å². The first-order valence-electron chi connectivity index (χ1n) is 7.86. The second kappa shape index (κ2) is 5.44. The number of hydrogen-bond donors (Lipinski definition) is 2. The number of aliphatic hydroxyl groups is 1. The minimum Gasteiger partial charge on any atom is -0.481 e. The molecule has 116 valence electrons. The van der Waals surface area contributed by atoms with Crippen molar-refractivity contribution >= 4 is 11.9 Å². The summed E-state index contributed by atoms with van der Waals surface area (Å²) in [5.74, 6) is -2.00. The molecular weight excluding hydrogens is 270 g/mol.